The Morgan fingerprint density at radius 1 is 1.08 bits per heavy atom. The molecule has 2 aromatic carbocycles. The van der Waals surface area contributed by atoms with E-state index in [-0.39, 0.29) is 22.8 Å². The first-order chi connectivity index (χ1) is 11.5. The van der Waals surface area contributed by atoms with Crippen LogP contribution in [-0.4, -0.2) is 14.6 Å². The predicted octanol–water partition coefficient (Wildman–Crippen LogP) is 3.57. The summed E-state index contributed by atoms with van der Waals surface area (Å²) in [4.78, 5) is 22.8. The van der Waals surface area contributed by atoms with Crippen molar-refractivity contribution < 1.29 is 10.0 Å². The van der Waals surface area contributed by atoms with E-state index in [0.717, 1.165) is 0 Å². The van der Waals surface area contributed by atoms with E-state index in [1.54, 1.807) is 37.4 Å². The number of hydrogen-bond acceptors (Lipinski definition) is 6. The average molecular weight is 324 g/mol. The highest BCUT2D eigenvalue weighted by Gasteiger charge is 2.16. The minimum Gasteiger partial charge on any atom is -0.505 e. The minimum atomic E-state index is -0.591. The molecule has 8 nitrogen and oxygen atoms in total. The quantitative estimate of drug-likeness (QED) is 0.451. The Morgan fingerprint density at radius 3 is 2.50 bits per heavy atom. The van der Waals surface area contributed by atoms with Gasteiger partial charge in [0.15, 0.2) is 17.1 Å². The second kappa shape index (κ2) is 5.92. The van der Waals surface area contributed by atoms with E-state index < -0.39 is 10.5 Å². The zero-order valence-electron chi connectivity index (χ0n) is 12.6. The minimum absolute atomic E-state index is 0.00267. The molecule has 0 saturated heterocycles. The lowest BCUT2D eigenvalue weighted by atomic mass is 10.2. The van der Waals surface area contributed by atoms with Crippen molar-refractivity contribution >= 4 is 28.0 Å². The van der Waals surface area contributed by atoms with Crippen LogP contribution in [0.3, 0.4) is 0 Å². The van der Waals surface area contributed by atoms with Crippen molar-refractivity contribution in [3.8, 4) is 5.75 Å². The first-order valence-electron chi connectivity index (χ1n) is 6.96. The lowest BCUT2D eigenvalue weighted by Gasteiger charge is -2.08. The molecule has 8 heteroatoms. The lowest BCUT2D eigenvalue weighted by molar-refractivity contribution is -0.384. The van der Waals surface area contributed by atoms with Gasteiger partial charge in [-0.15, -0.1) is 10.2 Å². The Morgan fingerprint density at radius 2 is 1.75 bits per heavy atom. The Hall–Kier alpha value is -3.55. The summed E-state index contributed by atoms with van der Waals surface area (Å²) in [6, 6.07) is 12.6. The highest BCUT2D eigenvalue weighted by molar-refractivity contribution is 5.89. The number of benzene rings is 2. The Balaban J connectivity index is 2.18. The maximum absolute atomic E-state index is 12.4. The smallest absolute Gasteiger partial charge is 0.296 e. The number of aromatic nitrogens is 1. The third kappa shape index (κ3) is 2.50. The first kappa shape index (κ1) is 15.3. The number of aryl methyl sites for hydroxylation is 1. The SMILES string of the molecule is Cn1c(=O)c(N=Nc2ccccc2[N+](=O)[O-])c(O)c2ccccc21. The van der Waals surface area contributed by atoms with Crippen molar-refractivity contribution in [2.24, 2.45) is 17.3 Å². The van der Waals surface area contributed by atoms with Crippen LogP contribution in [0.5, 0.6) is 5.75 Å². The van der Waals surface area contributed by atoms with Crippen LogP contribution in [-0.2, 0) is 7.05 Å². The first-order valence-corrected chi connectivity index (χ1v) is 6.96. The molecule has 120 valence electrons. The fraction of sp³-hybridized carbons (Fsp3) is 0.0625. The maximum Gasteiger partial charge on any atom is 0.296 e. The summed E-state index contributed by atoms with van der Waals surface area (Å²) in [7, 11) is 1.55. The van der Waals surface area contributed by atoms with Crippen molar-refractivity contribution in [3.05, 3.63) is 69.0 Å². The van der Waals surface area contributed by atoms with Crippen molar-refractivity contribution in [2.45, 2.75) is 0 Å². The van der Waals surface area contributed by atoms with Gasteiger partial charge in [-0.25, -0.2) is 0 Å². The van der Waals surface area contributed by atoms with Gasteiger partial charge in [0.1, 0.15) is 0 Å². The summed E-state index contributed by atoms with van der Waals surface area (Å²) in [6.07, 6.45) is 0. The molecule has 1 heterocycles. The number of nitro benzene ring substituents is 1. The molecule has 0 radical (unpaired) electrons. The number of pyridine rings is 1. The molecule has 0 unspecified atom stereocenters. The van der Waals surface area contributed by atoms with E-state index >= 15 is 0 Å². The van der Waals surface area contributed by atoms with E-state index in [9.17, 15) is 20.0 Å². The summed E-state index contributed by atoms with van der Waals surface area (Å²) < 4.78 is 1.34. The molecular formula is C16H12N4O4. The zero-order chi connectivity index (χ0) is 17.3. The molecule has 3 rings (SSSR count). The summed E-state index contributed by atoms with van der Waals surface area (Å²) >= 11 is 0. The van der Waals surface area contributed by atoms with Gasteiger partial charge in [0.2, 0.25) is 0 Å². The van der Waals surface area contributed by atoms with E-state index in [1.807, 2.05) is 0 Å². The van der Waals surface area contributed by atoms with Crippen LogP contribution < -0.4 is 5.56 Å². The number of aromatic hydroxyl groups is 1. The van der Waals surface area contributed by atoms with Crippen molar-refractivity contribution in [2.75, 3.05) is 0 Å². The topological polar surface area (TPSA) is 110 Å². The van der Waals surface area contributed by atoms with Gasteiger partial charge in [0.05, 0.1) is 10.4 Å². The molecule has 0 aliphatic heterocycles. The number of nitro groups is 1. The Bertz CT molecular complexity index is 1040. The van der Waals surface area contributed by atoms with E-state index in [4.69, 9.17) is 0 Å². The second-order valence-electron chi connectivity index (χ2n) is 5.02. The van der Waals surface area contributed by atoms with Crippen LogP contribution in [0.25, 0.3) is 10.9 Å². The highest BCUT2D eigenvalue weighted by Crippen LogP contribution is 2.33. The van der Waals surface area contributed by atoms with Crippen LogP contribution in [0.1, 0.15) is 0 Å². The summed E-state index contributed by atoms with van der Waals surface area (Å²) in [6.45, 7) is 0. The lowest BCUT2D eigenvalue weighted by Crippen LogP contribution is -2.16. The highest BCUT2D eigenvalue weighted by atomic mass is 16.6. The van der Waals surface area contributed by atoms with Crippen molar-refractivity contribution in [1.82, 2.24) is 4.57 Å². The zero-order valence-corrected chi connectivity index (χ0v) is 12.6. The number of fused-ring (bicyclic) bond motifs is 1. The molecule has 1 N–H and O–H groups in total. The molecule has 24 heavy (non-hydrogen) atoms. The molecule has 1 aromatic heterocycles. The molecule has 0 amide bonds. The maximum atomic E-state index is 12.4. The fourth-order valence-electron chi connectivity index (χ4n) is 2.36. The van der Waals surface area contributed by atoms with E-state index in [2.05, 4.69) is 10.2 Å². The molecule has 0 aliphatic rings. The third-order valence-electron chi connectivity index (χ3n) is 3.59. The standard InChI is InChI=1S/C16H12N4O4/c1-19-12-8-4-2-6-10(12)15(21)14(16(19)22)18-17-11-7-3-5-9-13(11)20(23)24/h2-9,21H,1H3. The molecule has 0 aliphatic carbocycles. The van der Waals surface area contributed by atoms with Crippen LogP contribution in [0.4, 0.5) is 17.1 Å². The van der Waals surface area contributed by atoms with Gasteiger partial charge in [-0.1, -0.05) is 24.3 Å². The van der Waals surface area contributed by atoms with Crippen molar-refractivity contribution in [1.29, 1.82) is 0 Å². The monoisotopic (exact) mass is 324 g/mol. The third-order valence-corrected chi connectivity index (χ3v) is 3.59. The van der Waals surface area contributed by atoms with Crippen LogP contribution in [0.2, 0.25) is 0 Å². The predicted molar refractivity (Wildman–Crippen MR) is 88.1 cm³/mol. The Kier molecular flexibility index (Phi) is 3.78. The van der Waals surface area contributed by atoms with Gasteiger partial charge in [-0.3, -0.25) is 14.9 Å². The van der Waals surface area contributed by atoms with E-state index in [1.165, 1.54) is 22.8 Å². The summed E-state index contributed by atoms with van der Waals surface area (Å²) in [5, 5.41) is 29.3. The van der Waals surface area contributed by atoms with Gasteiger partial charge in [0.25, 0.3) is 11.2 Å². The summed E-state index contributed by atoms with van der Waals surface area (Å²) in [5.74, 6) is -0.309. The second-order valence-corrected chi connectivity index (χ2v) is 5.02. The largest absolute Gasteiger partial charge is 0.505 e. The molecular weight excluding hydrogens is 312 g/mol. The van der Waals surface area contributed by atoms with Gasteiger partial charge < -0.3 is 9.67 Å². The average Bonchev–Trinajstić information content (AvgIpc) is 2.60. The number of azo groups is 1. The molecule has 3 aromatic rings. The fourth-order valence-corrected chi connectivity index (χ4v) is 2.36. The Labute approximate surface area is 135 Å². The summed E-state index contributed by atoms with van der Waals surface area (Å²) in [5.41, 5.74) is -0.511. The van der Waals surface area contributed by atoms with Gasteiger partial charge in [-0.2, -0.15) is 0 Å². The molecule has 0 spiro atoms. The van der Waals surface area contributed by atoms with Gasteiger partial charge >= 0.3 is 0 Å². The molecule has 0 atom stereocenters. The van der Waals surface area contributed by atoms with Crippen LogP contribution in [0.15, 0.2) is 63.6 Å². The normalized spacial score (nSPS) is 11.2. The van der Waals surface area contributed by atoms with Gasteiger partial charge in [-0.05, 0) is 18.2 Å². The van der Waals surface area contributed by atoms with E-state index in [0.29, 0.717) is 10.9 Å². The molecule has 0 bridgehead atoms. The number of rotatable bonds is 3. The van der Waals surface area contributed by atoms with Crippen LogP contribution >= 0.6 is 0 Å². The number of hydrogen-bond donors (Lipinski definition) is 1. The molecule has 0 saturated carbocycles. The molecule has 0 fully saturated rings. The number of nitrogens with zero attached hydrogens (tertiary/aromatic N) is 4. The number of para-hydroxylation sites is 2. The van der Waals surface area contributed by atoms with Crippen molar-refractivity contribution in [3.63, 3.8) is 0 Å². The van der Waals surface area contributed by atoms with Gasteiger partial charge in [0, 0.05) is 18.5 Å². The van der Waals surface area contributed by atoms with Crippen LogP contribution in [0, 0.1) is 10.1 Å².